The number of carboxylic acid groups (broad SMARTS) is 1. The van der Waals surface area contributed by atoms with Crippen LogP contribution in [0.5, 0.6) is 0 Å². The van der Waals surface area contributed by atoms with Crippen molar-refractivity contribution in [1.29, 1.82) is 0 Å². The van der Waals surface area contributed by atoms with Gasteiger partial charge in [-0.2, -0.15) is 0 Å². The van der Waals surface area contributed by atoms with Crippen LogP contribution in [0.2, 0.25) is 0 Å². The Balaban J connectivity index is 1.73. The molecule has 0 aliphatic carbocycles. The number of rotatable bonds is 9. The number of nitrogens with one attached hydrogen (secondary N) is 2. The average Bonchev–Trinajstić information content (AvgIpc) is 3.60. The fraction of sp³-hybridized carbons (Fsp3) is 0.444. The number of nitrogens with two attached hydrogens (primary N) is 1. The van der Waals surface area contributed by atoms with E-state index in [0.717, 1.165) is 67.1 Å². The second kappa shape index (κ2) is 12.2. The molecule has 2 atom stereocenters. The molecule has 5 rings (SSSR count). The Hall–Kier alpha value is -4.04. The largest absolute Gasteiger partial charge is 0.481 e. The smallest absolute Gasteiger partial charge is 0.303 e. The van der Waals surface area contributed by atoms with E-state index in [9.17, 15) is 14.7 Å². The van der Waals surface area contributed by atoms with Gasteiger partial charge in [0.15, 0.2) is 0 Å². The van der Waals surface area contributed by atoms with Crippen LogP contribution in [-0.2, 0) is 15.0 Å². The minimum atomic E-state index is -0.847. The van der Waals surface area contributed by atoms with Gasteiger partial charge in [0.25, 0.3) is 0 Å². The van der Waals surface area contributed by atoms with E-state index in [-0.39, 0.29) is 23.5 Å². The normalized spacial score (nSPS) is 16.9. The summed E-state index contributed by atoms with van der Waals surface area (Å²) in [6, 6.07) is 12.0. The highest BCUT2D eigenvalue weighted by atomic mass is 16.4. The lowest BCUT2D eigenvalue weighted by molar-refractivity contribution is -0.136. The van der Waals surface area contributed by atoms with Gasteiger partial charge in [0, 0.05) is 57.6 Å². The quantitative estimate of drug-likeness (QED) is 0.202. The van der Waals surface area contributed by atoms with Gasteiger partial charge in [-0.25, -0.2) is 4.98 Å². The van der Waals surface area contributed by atoms with Crippen LogP contribution in [0.3, 0.4) is 0 Å². The Labute approximate surface area is 259 Å². The Kier molecular flexibility index (Phi) is 8.67. The number of ketones is 1. The second-order valence-electron chi connectivity index (χ2n) is 13.5. The van der Waals surface area contributed by atoms with Crippen molar-refractivity contribution in [2.24, 2.45) is 11.7 Å². The van der Waals surface area contributed by atoms with Gasteiger partial charge in [-0.05, 0) is 105 Å². The van der Waals surface area contributed by atoms with Gasteiger partial charge >= 0.3 is 5.97 Å². The number of Topliss-reactive ketones (excluding diaryl/α,β-unsaturated/α-hetero) is 1. The number of aryl methyl sites for hydroxylation is 2. The predicted molar refractivity (Wildman–Crippen MR) is 177 cm³/mol. The van der Waals surface area contributed by atoms with Gasteiger partial charge in [0.1, 0.15) is 5.78 Å². The summed E-state index contributed by atoms with van der Waals surface area (Å²) in [6.45, 7) is 14.7. The van der Waals surface area contributed by atoms with E-state index in [2.05, 4.69) is 75.8 Å². The molecule has 8 bridgehead atoms. The molecule has 0 saturated carbocycles. The van der Waals surface area contributed by atoms with Gasteiger partial charge in [-0.1, -0.05) is 27.7 Å². The highest BCUT2D eigenvalue weighted by Gasteiger charge is 2.40. The first-order valence-electron chi connectivity index (χ1n) is 15.6. The van der Waals surface area contributed by atoms with Crippen molar-refractivity contribution in [3.63, 3.8) is 0 Å². The number of fused-ring (bicyclic) bond motifs is 8. The number of allylic oxidation sites excluding steroid dienone is 2. The van der Waals surface area contributed by atoms with Gasteiger partial charge in [-0.15, -0.1) is 0 Å². The van der Waals surface area contributed by atoms with Gasteiger partial charge in [0.2, 0.25) is 0 Å². The molecule has 8 nitrogen and oxygen atoms in total. The molecule has 0 radical (unpaired) electrons. The van der Waals surface area contributed by atoms with E-state index in [0.29, 0.717) is 31.6 Å². The van der Waals surface area contributed by atoms with Crippen molar-refractivity contribution in [2.45, 2.75) is 97.9 Å². The topological polar surface area (TPSA) is 138 Å². The molecule has 0 amide bonds. The lowest BCUT2D eigenvalue weighted by Crippen LogP contribution is -2.32. The summed E-state index contributed by atoms with van der Waals surface area (Å²) >= 11 is 0. The molecule has 8 heteroatoms. The van der Waals surface area contributed by atoms with E-state index in [1.807, 2.05) is 19.1 Å². The molecule has 2 aliphatic rings. The lowest BCUT2D eigenvalue weighted by Gasteiger charge is -2.27. The van der Waals surface area contributed by atoms with Gasteiger partial charge in [0.05, 0.1) is 17.4 Å². The van der Waals surface area contributed by atoms with Gasteiger partial charge in [-0.3, -0.25) is 14.6 Å². The van der Waals surface area contributed by atoms with Crippen LogP contribution in [0.4, 0.5) is 0 Å². The molecule has 2 aliphatic heterocycles. The molecule has 5 N–H and O–H groups in total. The second-order valence-corrected chi connectivity index (χ2v) is 13.5. The predicted octanol–water partition coefficient (Wildman–Crippen LogP) is 7.51. The van der Waals surface area contributed by atoms with Crippen molar-refractivity contribution >= 4 is 45.0 Å². The molecule has 232 valence electrons. The molecule has 2 unspecified atom stereocenters. The Morgan fingerprint density at radius 1 is 0.909 bits per heavy atom. The van der Waals surface area contributed by atoms with Gasteiger partial charge < -0.3 is 20.8 Å². The van der Waals surface area contributed by atoms with E-state index in [1.54, 1.807) is 0 Å². The summed E-state index contributed by atoms with van der Waals surface area (Å²) in [7, 11) is 0. The number of carbonyl (C=O) groups is 2. The van der Waals surface area contributed by atoms with Crippen molar-refractivity contribution in [3.8, 4) is 0 Å². The van der Waals surface area contributed by atoms with Crippen LogP contribution in [-0.4, -0.2) is 42.8 Å². The van der Waals surface area contributed by atoms with E-state index >= 15 is 0 Å². The first-order chi connectivity index (χ1) is 20.7. The molecule has 0 spiro atoms. The van der Waals surface area contributed by atoms with Crippen LogP contribution >= 0.6 is 0 Å². The number of H-pyrrole nitrogens is 2. The van der Waals surface area contributed by atoms with Crippen molar-refractivity contribution in [1.82, 2.24) is 19.9 Å². The third-order valence-electron chi connectivity index (χ3n) is 9.24. The molecular formula is C36H45N5O3. The van der Waals surface area contributed by atoms with E-state index < -0.39 is 12.0 Å². The summed E-state index contributed by atoms with van der Waals surface area (Å²) in [6.07, 6.45) is 2.03. The minimum Gasteiger partial charge on any atom is -0.481 e. The van der Waals surface area contributed by atoms with Crippen molar-refractivity contribution in [2.75, 3.05) is 0 Å². The monoisotopic (exact) mass is 595 g/mol. The number of carbonyl (C=O) groups excluding carboxylic acids is 1. The number of hydrogen-bond donors (Lipinski definition) is 4. The third kappa shape index (κ3) is 6.41. The van der Waals surface area contributed by atoms with Crippen molar-refractivity contribution < 1.29 is 14.7 Å². The summed E-state index contributed by atoms with van der Waals surface area (Å²) in [5, 5.41) is 9.51. The maximum absolute atomic E-state index is 13.1. The number of aromatic amines is 2. The maximum atomic E-state index is 13.1. The van der Waals surface area contributed by atoms with Crippen LogP contribution < -0.4 is 5.73 Å². The fourth-order valence-corrected chi connectivity index (χ4v) is 6.55. The SMILES string of the molecule is CC1=C(CCC(=O)O)c2cc3nc(cc4[nH]c(cc4C)cc4[nH]c(cc1n2)cc4C)C(C)(C)C3CCC(=O)C(N)CC(C)C. The zero-order chi connectivity index (χ0) is 31.9. The van der Waals surface area contributed by atoms with E-state index in [4.69, 9.17) is 15.7 Å². The Bertz CT molecular complexity index is 1810. The highest BCUT2D eigenvalue weighted by Crippen LogP contribution is 2.45. The molecule has 0 fully saturated rings. The third-order valence-corrected chi connectivity index (χ3v) is 9.24. The zero-order valence-corrected chi connectivity index (χ0v) is 27.0. The zero-order valence-electron chi connectivity index (χ0n) is 27.0. The molecule has 5 heterocycles. The molecule has 0 aromatic carbocycles. The Morgan fingerprint density at radius 2 is 1.55 bits per heavy atom. The number of carboxylic acids is 1. The highest BCUT2D eigenvalue weighted by molar-refractivity contribution is 5.93. The number of aromatic nitrogens is 4. The van der Waals surface area contributed by atoms with Crippen LogP contribution in [0.25, 0.3) is 33.2 Å². The summed E-state index contributed by atoms with van der Waals surface area (Å²) < 4.78 is 0. The average molecular weight is 596 g/mol. The van der Waals surface area contributed by atoms with Crippen LogP contribution in [0.15, 0.2) is 36.4 Å². The first-order valence-corrected chi connectivity index (χ1v) is 15.6. The summed E-state index contributed by atoms with van der Waals surface area (Å²) in [5.74, 6) is -0.472. The molecule has 3 aromatic heterocycles. The summed E-state index contributed by atoms with van der Waals surface area (Å²) in [5.41, 5.74) is 17.3. The Morgan fingerprint density at radius 3 is 2.18 bits per heavy atom. The van der Waals surface area contributed by atoms with Crippen LogP contribution in [0, 0.1) is 19.8 Å². The number of aliphatic carboxylic acids is 1. The number of hydrogen-bond acceptors (Lipinski definition) is 5. The molecule has 44 heavy (non-hydrogen) atoms. The van der Waals surface area contributed by atoms with Crippen LogP contribution in [0.1, 0.15) is 107 Å². The number of nitrogens with zero attached hydrogens (tertiary/aromatic N) is 2. The standard InChI is InChI=1S/C36H45N5O3/c1-19(2)12-27(37)33(42)10-9-26-32-17-31-25(8-11-35(43)44)22(5)30(40-31)16-24-13-20(3)28(38-24)15-23-14-21(4)29(39-23)18-34(41-32)36(26,6)7/h13-19,26-27,38-39H,8-12,37H2,1-7H3,(H,43,44). The van der Waals surface area contributed by atoms with Crippen molar-refractivity contribution in [3.05, 3.63) is 70.3 Å². The molecule has 3 aromatic rings. The molecule has 0 saturated heterocycles. The fourth-order valence-electron chi connectivity index (χ4n) is 6.55. The molecular weight excluding hydrogens is 550 g/mol. The maximum Gasteiger partial charge on any atom is 0.303 e. The first kappa shape index (κ1) is 31.4. The minimum absolute atomic E-state index is 0.0105. The lowest BCUT2D eigenvalue weighted by atomic mass is 9.74. The summed E-state index contributed by atoms with van der Waals surface area (Å²) in [4.78, 5) is 42.0. The van der Waals surface area contributed by atoms with E-state index in [1.165, 1.54) is 0 Å².